The number of rotatable bonds is 6. The van der Waals surface area contributed by atoms with Crippen molar-refractivity contribution in [2.75, 3.05) is 13.2 Å². The summed E-state index contributed by atoms with van der Waals surface area (Å²) in [6.45, 7) is -1.36. The number of hydrogen-bond acceptors (Lipinski definition) is 16. The van der Waals surface area contributed by atoms with Gasteiger partial charge in [-0.2, -0.15) is 0 Å². The molecule has 2 aliphatic heterocycles. The minimum atomic E-state index is -1.93. The highest BCUT2D eigenvalue weighted by Crippen LogP contribution is 2.30. The fourth-order valence-electron chi connectivity index (χ4n) is 4.07. The first kappa shape index (κ1) is 27.9. The molecule has 12 N–H and O–H groups in total. The lowest BCUT2D eigenvalue weighted by Crippen LogP contribution is -2.67. The Balaban J connectivity index is 1.67. The van der Waals surface area contributed by atoms with Gasteiger partial charge in [0.1, 0.15) is 85.5 Å². The van der Waals surface area contributed by atoms with Crippen molar-refractivity contribution < 1.29 is 80.2 Å². The van der Waals surface area contributed by atoms with E-state index in [4.69, 9.17) is 18.9 Å². The maximum absolute atomic E-state index is 10.2. The number of aliphatic hydroxyl groups excluding tert-OH is 12. The van der Waals surface area contributed by atoms with Crippen LogP contribution in [0, 0.1) is 0 Å². The van der Waals surface area contributed by atoms with Crippen molar-refractivity contribution in [1.82, 2.24) is 0 Å². The summed E-state index contributed by atoms with van der Waals surface area (Å²) in [5.41, 5.74) is 0. The highest BCUT2D eigenvalue weighted by atomic mass is 16.7. The van der Waals surface area contributed by atoms with Crippen LogP contribution in [0.1, 0.15) is 0 Å². The highest BCUT2D eigenvalue weighted by Gasteiger charge is 2.53. The predicted octanol–water partition coefficient (Wildman–Crippen LogP) is -8.19. The maximum Gasteiger partial charge on any atom is 0.187 e. The van der Waals surface area contributed by atoms with Crippen molar-refractivity contribution in [3.8, 4) is 0 Å². The normalized spacial score (nSPS) is 54.7. The molecule has 3 fully saturated rings. The summed E-state index contributed by atoms with van der Waals surface area (Å²) in [6.07, 6.45) is -28.3. The summed E-state index contributed by atoms with van der Waals surface area (Å²) in [7, 11) is 0. The van der Waals surface area contributed by atoms with E-state index in [1.807, 2.05) is 0 Å². The fourth-order valence-corrected chi connectivity index (χ4v) is 4.07. The summed E-state index contributed by atoms with van der Waals surface area (Å²) >= 11 is 0. The van der Waals surface area contributed by atoms with Crippen LogP contribution in [-0.2, 0) is 18.9 Å². The quantitative estimate of drug-likeness (QED) is 0.160. The Bertz CT molecular complexity index is 637. The van der Waals surface area contributed by atoms with E-state index >= 15 is 0 Å². The summed E-state index contributed by atoms with van der Waals surface area (Å²) in [5.74, 6) is 0. The second kappa shape index (κ2) is 11.2. The molecular weight excluding hydrogens is 472 g/mol. The third kappa shape index (κ3) is 5.23. The molecule has 0 spiro atoms. The molecule has 0 amide bonds. The number of aliphatic hydroxyl groups is 12. The van der Waals surface area contributed by atoms with E-state index in [1.165, 1.54) is 0 Å². The molecule has 16 nitrogen and oxygen atoms in total. The first-order chi connectivity index (χ1) is 15.9. The van der Waals surface area contributed by atoms with Crippen LogP contribution in [0.4, 0.5) is 0 Å². The third-order valence-electron chi connectivity index (χ3n) is 6.31. The summed E-state index contributed by atoms with van der Waals surface area (Å²) < 4.78 is 21.0. The van der Waals surface area contributed by atoms with E-state index in [-0.39, 0.29) is 0 Å². The SMILES string of the molecule is OC[C@H]1O[C@H](OC[C@H]2O[C@H](OC3[C@@H](O)[C@H](O)C(O)[C@H](O)[C@H]3O)[C@H](O)[C@@H](O)[C@@H]2O)[C@@H](O)[C@@H](O)[C@@H]1O. The van der Waals surface area contributed by atoms with Crippen LogP contribution in [0.25, 0.3) is 0 Å². The van der Waals surface area contributed by atoms with Crippen molar-refractivity contribution in [2.24, 2.45) is 0 Å². The molecule has 200 valence electrons. The average Bonchev–Trinajstić information content (AvgIpc) is 2.82. The summed E-state index contributed by atoms with van der Waals surface area (Å²) in [5, 5.41) is 119. The lowest BCUT2D eigenvalue weighted by Gasteiger charge is -2.46. The van der Waals surface area contributed by atoms with Gasteiger partial charge in [-0.15, -0.1) is 0 Å². The molecule has 16 atom stereocenters. The Kier molecular flexibility index (Phi) is 9.18. The van der Waals surface area contributed by atoms with E-state index in [2.05, 4.69) is 0 Å². The number of hydrogen-bond donors (Lipinski definition) is 12. The molecule has 3 rings (SSSR count). The third-order valence-corrected chi connectivity index (χ3v) is 6.31. The molecule has 1 saturated carbocycles. The van der Waals surface area contributed by atoms with Gasteiger partial charge < -0.3 is 80.2 Å². The van der Waals surface area contributed by atoms with Gasteiger partial charge in [-0.3, -0.25) is 0 Å². The molecule has 0 bridgehead atoms. The van der Waals surface area contributed by atoms with Crippen LogP contribution in [0.15, 0.2) is 0 Å². The van der Waals surface area contributed by atoms with Gasteiger partial charge in [-0.25, -0.2) is 0 Å². The maximum atomic E-state index is 10.2. The second-order valence-electron chi connectivity index (χ2n) is 8.60. The largest absolute Gasteiger partial charge is 0.394 e. The zero-order chi connectivity index (χ0) is 25.5. The van der Waals surface area contributed by atoms with Crippen LogP contribution in [0.5, 0.6) is 0 Å². The van der Waals surface area contributed by atoms with Gasteiger partial charge in [-0.05, 0) is 0 Å². The number of ether oxygens (including phenoxy) is 4. The molecule has 2 unspecified atom stereocenters. The molecule has 0 radical (unpaired) electrons. The Hall–Kier alpha value is -0.640. The topological polar surface area (TPSA) is 280 Å². The average molecular weight is 504 g/mol. The van der Waals surface area contributed by atoms with E-state index in [1.54, 1.807) is 0 Å². The van der Waals surface area contributed by atoms with E-state index in [0.717, 1.165) is 0 Å². The van der Waals surface area contributed by atoms with Crippen molar-refractivity contribution in [1.29, 1.82) is 0 Å². The minimum Gasteiger partial charge on any atom is -0.394 e. The van der Waals surface area contributed by atoms with Crippen LogP contribution in [0.3, 0.4) is 0 Å². The van der Waals surface area contributed by atoms with Gasteiger partial charge in [0.15, 0.2) is 12.6 Å². The standard InChI is InChI=1S/C18H32O16/c19-1-3-5(20)7(22)14(29)17(32-3)31-2-4-6(21)8(23)15(30)18(33-4)34-16-12(27)10(25)9(24)11(26)13(16)28/h3-30H,1-2H2/t3-,4-,5-,6-,7+,8+,9?,10-,11+,12+,13-,14+,15-,16?,17+,18-/m1/s1. The molecule has 2 saturated heterocycles. The van der Waals surface area contributed by atoms with Gasteiger partial charge in [0, 0.05) is 0 Å². The molecule has 34 heavy (non-hydrogen) atoms. The van der Waals surface area contributed by atoms with Crippen molar-refractivity contribution in [3.63, 3.8) is 0 Å². The smallest absolute Gasteiger partial charge is 0.187 e. The van der Waals surface area contributed by atoms with Crippen LogP contribution >= 0.6 is 0 Å². The Labute approximate surface area is 192 Å². The Morgan fingerprint density at radius 1 is 0.471 bits per heavy atom. The van der Waals surface area contributed by atoms with Gasteiger partial charge in [-0.1, -0.05) is 0 Å². The predicted molar refractivity (Wildman–Crippen MR) is 101 cm³/mol. The molecule has 0 aromatic heterocycles. The van der Waals surface area contributed by atoms with E-state index < -0.39 is 111 Å². The summed E-state index contributed by atoms with van der Waals surface area (Å²) in [6, 6.07) is 0. The Morgan fingerprint density at radius 2 is 0.882 bits per heavy atom. The fraction of sp³-hybridized carbons (Fsp3) is 1.00. The highest BCUT2D eigenvalue weighted by molar-refractivity contribution is 5.00. The lowest BCUT2D eigenvalue weighted by atomic mass is 9.84. The zero-order valence-corrected chi connectivity index (χ0v) is 17.7. The monoisotopic (exact) mass is 504 g/mol. The lowest BCUT2D eigenvalue weighted by molar-refractivity contribution is -0.351. The van der Waals surface area contributed by atoms with Crippen LogP contribution in [-0.4, -0.2) is 173 Å². The molecule has 1 aliphatic carbocycles. The van der Waals surface area contributed by atoms with Crippen molar-refractivity contribution in [3.05, 3.63) is 0 Å². The molecule has 16 heteroatoms. The van der Waals surface area contributed by atoms with Gasteiger partial charge in [0.05, 0.1) is 13.2 Å². The first-order valence-corrected chi connectivity index (χ1v) is 10.6. The molecule has 0 aromatic rings. The second-order valence-corrected chi connectivity index (χ2v) is 8.60. The molecular formula is C18H32O16. The first-order valence-electron chi connectivity index (χ1n) is 10.6. The van der Waals surface area contributed by atoms with Gasteiger partial charge in [0.25, 0.3) is 0 Å². The molecule has 3 aliphatic rings. The van der Waals surface area contributed by atoms with Crippen molar-refractivity contribution >= 4 is 0 Å². The van der Waals surface area contributed by atoms with Crippen LogP contribution in [0.2, 0.25) is 0 Å². The zero-order valence-electron chi connectivity index (χ0n) is 17.7. The van der Waals surface area contributed by atoms with E-state index in [0.29, 0.717) is 0 Å². The summed E-state index contributed by atoms with van der Waals surface area (Å²) in [4.78, 5) is 0. The Morgan fingerprint density at radius 3 is 1.41 bits per heavy atom. The molecule has 0 aromatic carbocycles. The van der Waals surface area contributed by atoms with Gasteiger partial charge >= 0.3 is 0 Å². The molecule has 2 heterocycles. The van der Waals surface area contributed by atoms with Crippen molar-refractivity contribution in [2.45, 2.75) is 98.0 Å². The minimum absolute atomic E-state index is 0.646. The van der Waals surface area contributed by atoms with Gasteiger partial charge in [0.2, 0.25) is 0 Å². The van der Waals surface area contributed by atoms with Crippen LogP contribution < -0.4 is 0 Å². The van der Waals surface area contributed by atoms with E-state index in [9.17, 15) is 61.3 Å².